The van der Waals surface area contributed by atoms with Crippen molar-refractivity contribution < 1.29 is 92.3 Å². The van der Waals surface area contributed by atoms with Crippen molar-refractivity contribution in [1.29, 1.82) is 0 Å². The number of para-hydroxylation sites is 1. The third kappa shape index (κ3) is 21.9. The molecule has 486 valence electrons. The standard InChI is InChI=1S/C56H83N13O19/c1-9-26(5)44(67-55(87)45(27(6)10-2)66-50(82)36(22-41(75)76)60-29(8)71)54(86)63-34(20-30-24-59-32-15-12-11-14-31(30)32)48(80)62-37(23-42(77)78)51(83)65-43(25(3)4)53(85)64-35(21-39(57)72)49(81)68-46(28(7)70)56(88)69-19-13-16-38(69)52(84)61-33(47(58)79)17-18-40(73)74/h11-12,14-15,24-28,33-38,43-46,59,70H,9-10,13,16-23H2,1-8H3,(H2,57,72)(H2,58,79)(H,60,71)(H,61,84)(H,62,80)(H,63,86)(H,64,85)(H,65,83)(H,66,82)(H,67,87)(H,68,81)(H,73,74)(H,75,76)(H,77,78)/t26?,27?,28?,33-,34-,35-,36-,37-,38-,43-,44-,45-,46-/m0/s1. The number of H-pyrrole nitrogens is 1. The molecule has 32 heteroatoms. The van der Waals surface area contributed by atoms with Gasteiger partial charge in [-0.2, -0.15) is 0 Å². The van der Waals surface area contributed by atoms with E-state index in [2.05, 4.69) is 52.8 Å². The Morgan fingerprint density at radius 3 is 1.55 bits per heavy atom. The molecule has 1 saturated heterocycles. The minimum atomic E-state index is -2.00. The van der Waals surface area contributed by atoms with Gasteiger partial charge in [-0.25, -0.2) is 0 Å². The number of nitrogens with zero attached hydrogens (tertiary/aromatic N) is 1. The smallest absolute Gasteiger partial charge is 0.305 e. The van der Waals surface area contributed by atoms with Crippen LogP contribution in [0.3, 0.4) is 0 Å². The number of rotatable bonds is 36. The largest absolute Gasteiger partial charge is 0.481 e. The molecule has 1 aromatic heterocycles. The van der Waals surface area contributed by atoms with E-state index >= 15 is 0 Å². The van der Waals surface area contributed by atoms with Crippen LogP contribution in [0.5, 0.6) is 0 Å². The summed E-state index contributed by atoms with van der Waals surface area (Å²) in [5.74, 6) is -19.0. The van der Waals surface area contributed by atoms with Crippen LogP contribution in [0.15, 0.2) is 30.5 Å². The van der Waals surface area contributed by atoms with Crippen LogP contribution in [0.4, 0.5) is 0 Å². The molecule has 3 unspecified atom stereocenters. The van der Waals surface area contributed by atoms with Gasteiger partial charge in [0.1, 0.15) is 60.4 Å². The lowest BCUT2D eigenvalue weighted by molar-refractivity contribution is -0.145. The number of carbonyl (C=O) groups is 15. The van der Waals surface area contributed by atoms with Crippen molar-refractivity contribution in [3.63, 3.8) is 0 Å². The van der Waals surface area contributed by atoms with Gasteiger partial charge >= 0.3 is 17.9 Å². The van der Waals surface area contributed by atoms with Crippen molar-refractivity contribution in [2.75, 3.05) is 6.54 Å². The first-order valence-electron chi connectivity index (χ1n) is 28.7. The van der Waals surface area contributed by atoms with E-state index in [1.165, 1.54) is 13.8 Å². The second-order valence-electron chi connectivity index (χ2n) is 22.2. The Morgan fingerprint density at radius 1 is 0.580 bits per heavy atom. The first-order valence-corrected chi connectivity index (χ1v) is 28.7. The normalized spacial score (nSPS) is 17.0. The van der Waals surface area contributed by atoms with Gasteiger partial charge in [-0.15, -0.1) is 0 Å². The van der Waals surface area contributed by atoms with E-state index in [0.29, 0.717) is 22.9 Å². The highest BCUT2D eigenvalue weighted by Crippen LogP contribution is 2.22. The number of hydrogen-bond acceptors (Lipinski definition) is 16. The van der Waals surface area contributed by atoms with E-state index in [0.717, 1.165) is 18.7 Å². The van der Waals surface area contributed by atoms with Crippen molar-refractivity contribution >= 4 is 99.7 Å². The van der Waals surface area contributed by atoms with Crippen LogP contribution in [0.2, 0.25) is 0 Å². The van der Waals surface area contributed by atoms with Gasteiger partial charge in [0.25, 0.3) is 0 Å². The van der Waals surface area contributed by atoms with E-state index in [-0.39, 0.29) is 38.6 Å². The predicted molar refractivity (Wildman–Crippen MR) is 310 cm³/mol. The molecule has 2 aromatic rings. The Balaban J connectivity index is 1.95. The average Bonchev–Trinajstić information content (AvgIpc) is 1.85. The molecule has 1 aliphatic rings. The third-order valence-electron chi connectivity index (χ3n) is 14.9. The van der Waals surface area contributed by atoms with Crippen molar-refractivity contribution in [1.82, 2.24) is 57.7 Å². The molecular weight excluding hydrogens is 1160 g/mol. The zero-order valence-corrected chi connectivity index (χ0v) is 50.3. The summed E-state index contributed by atoms with van der Waals surface area (Å²) in [5, 5.41) is 61.5. The summed E-state index contributed by atoms with van der Waals surface area (Å²) >= 11 is 0. The summed E-state index contributed by atoms with van der Waals surface area (Å²) in [6.45, 7) is 11.6. The highest BCUT2D eigenvalue weighted by molar-refractivity contribution is 6.01. The number of nitrogens with two attached hydrogens (primary N) is 2. The van der Waals surface area contributed by atoms with Crippen molar-refractivity contribution in [2.24, 2.45) is 29.2 Å². The molecule has 32 nitrogen and oxygen atoms in total. The number of carboxylic acid groups (broad SMARTS) is 3. The number of benzene rings is 1. The molecular formula is C56H83N13O19. The number of aliphatic hydroxyl groups excluding tert-OH is 1. The van der Waals surface area contributed by atoms with Crippen LogP contribution < -0.4 is 59.3 Å². The van der Waals surface area contributed by atoms with E-state index in [4.69, 9.17) is 16.6 Å². The number of amides is 12. The lowest BCUT2D eigenvalue weighted by Crippen LogP contribution is -2.63. The number of aromatic nitrogens is 1. The monoisotopic (exact) mass is 1240 g/mol. The first kappa shape index (κ1) is 73.0. The van der Waals surface area contributed by atoms with Gasteiger partial charge in [0, 0.05) is 43.4 Å². The van der Waals surface area contributed by atoms with Crippen LogP contribution in [-0.4, -0.2) is 192 Å². The van der Waals surface area contributed by atoms with E-state index in [1.54, 1.807) is 58.2 Å². The first-order chi connectivity index (χ1) is 41.2. The molecule has 1 aliphatic heterocycles. The fraction of sp³-hybridized carbons (Fsp3) is 0.589. The van der Waals surface area contributed by atoms with E-state index in [1.807, 2.05) is 0 Å². The van der Waals surface area contributed by atoms with Crippen molar-refractivity contribution in [2.45, 2.75) is 186 Å². The lowest BCUT2D eigenvalue weighted by Gasteiger charge is -2.32. The second-order valence-corrected chi connectivity index (χ2v) is 22.2. The zero-order chi connectivity index (χ0) is 66.4. The highest BCUT2D eigenvalue weighted by Gasteiger charge is 2.43. The van der Waals surface area contributed by atoms with Crippen LogP contribution in [0.25, 0.3) is 10.9 Å². The van der Waals surface area contributed by atoms with E-state index < -0.39 is 199 Å². The molecule has 0 bridgehead atoms. The SMILES string of the molecule is CCC(C)[C@H](NC(=O)[C@H](CC(=O)O)NC(C)=O)C(=O)N[C@H](C(=O)N[C@@H](Cc1c[nH]c2ccccc12)C(=O)N[C@@H](CC(=O)O)C(=O)N[C@H](C(=O)N[C@@H](CC(N)=O)C(=O)N[C@H](C(=O)N1CCC[C@H]1C(=O)N[C@@H](CCC(=O)O)C(N)=O)C(C)O)C(C)C)C(C)CC. The van der Waals surface area contributed by atoms with Crippen molar-refractivity contribution in [3.05, 3.63) is 36.0 Å². The Labute approximate surface area is 506 Å². The quantitative estimate of drug-likeness (QED) is 0.0313. The number of primary amides is 2. The Bertz CT molecular complexity index is 2900. The number of nitrogens with one attached hydrogen (secondary N) is 10. The van der Waals surface area contributed by atoms with Gasteiger partial charge < -0.3 is 89.6 Å². The Morgan fingerprint density at radius 2 is 1.05 bits per heavy atom. The second kappa shape index (κ2) is 34.2. The number of aliphatic hydroxyl groups is 1. The van der Waals surface area contributed by atoms with Gasteiger partial charge in [-0.3, -0.25) is 71.9 Å². The van der Waals surface area contributed by atoms with Gasteiger partial charge in [0.2, 0.25) is 70.9 Å². The Kier molecular flexibility index (Phi) is 28.4. The number of carbonyl (C=O) groups excluding carboxylic acids is 12. The minimum absolute atomic E-state index is 0.0417. The van der Waals surface area contributed by atoms with Gasteiger partial charge in [-0.1, -0.05) is 72.6 Å². The molecule has 12 amide bonds. The number of aliphatic carboxylic acids is 3. The average molecular weight is 1240 g/mol. The number of aromatic amines is 1. The fourth-order valence-electron chi connectivity index (χ4n) is 9.58. The number of hydrogen-bond donors (Lipinski definition) is 16. The zero-order valence-electron chi connectivity index (χ0n) is 50.3. The molecule has 1 fully saturated rings. The lowest BCUT2D eigenvalue weighted by atomic mass is 9.94. The molecule has 0 radical (unpaired) electrons. The molecule has 0 spiro atoms. The molecule has 13 atom stereocenters. The third-order valence-corrected chi connectivity index (χ3v) is 14.9. The fourth-order valence-corrected chi connectivity index (χ4v) is 9.58. The summed E-state index contributed by atoms with van der Waals surface area (Å²) in [5.41, 5.74) is 11.9. The van der Waals surface area contributed by atoms with Crippen LogP contribution in [-0.2, 0) is 78.3 Å². The molecule has 1 aromatic carbocycles. The maximum Gasteiger partial charge on any atom is 0.305 e. The molecule has 3 rings (SSSR count). The van der Waals surface area contributed by atoms with Crippen LogP contribution in [0, 0.1) is 17.8 Å². The van der Waals surface area contributed by atoms with Crippen LogP contribution >= 0.6 is 0 Å². The number of carboxylic acids is 3. The predicted octanol–water partition coefficient (Wildman–Crippen LogP) is -3.61. The highest BCUT2D eigenvalue weighted by atomic mass is 16.4. The maximum absolute atomic E-state index is 14.6. The summed E-state index contributed by atoms with van der Waals surface area (Å²) in [7, 11) is 0. The molecule has 0 aliphatic carbocycles. The van der Waals surface area contributed by atoms with Gasteiger partial charge in [-0.05, 0) is 55.6 Å². The molecule has 0 saturated carbocycles. The summed E-state index contributed by atoms with van der Waals surface area (Å²) in [4.78, 5) is 202. The molecule has 18 N–H and O–H groups in total. The maximum atomic E-state index is 14.6. The Hall–Kier alpha value is -9.23. The minimum Gasteiger partial charge on any atom is -0.481 e. The molecule has 88 heavy (non-hydrogen) atoms. The topological polar surface area (TPSA) is 516 Å². The van der Waals surface area contributed by atoms with E-state index in [9.17, 15) is 87.2 Å². The number of fused-ring (bicyclic) bond motifs is 1. The summed E-state index contributed by atoms with van der Waals surface area (Å²) < 4.78 is 0. The van der Waals surface area contributed by atoms with Gasteiger partial charge in [0.15, 0.2) is 0 Å². The number of likely N-dealkylation sites (tertiary alicyclic amines) is 1. The summed E-state index contributed by atoms with van der Waals surface area (Å²) in [6, 6.07) is -9.31. The summed E-state index contributed by atoms with van der Waals surface area (Å²) in [6.07, 6.45) is -3.39. The molecule has 2 heterocycles. The van der Waals surface area contributed by atoms with Gasteiger partial charge in [0.05, 0.1) is 25.4 Å². The van der Waals surface area contributed by atoms with Crippen molar-refractivity contribution in [3.8, 4) is 0 Å². The van der Waals surface area contributed by atoms with Crippen LogP contribution in [0.1, 0.15) is 119 Å².